The Bertz CT molecular complexity index is 435. The number of rotatable bonds is 2. The van der Waals surface area contributed by atoms with Gasteiger partial charge in [0.1, 0.15) is 0 Å². The van der Waals surface area contributed by atoms with Gasteiger partial charge in [-0.2, -0.15) is 0 Å². The van der Waals surface area contributed by atoms with Crippen molar-refractivity contribution in [1.82, 2.24) is 4.90 Å². The third-order valence-electron chi connectivity index (χ3n) is 4.55. The highest BCUT2D eigenvalue weighted by Crippen LogP contribution is 2.38. The monoisotopic (exact) mass is 249 g/mol. The second-order valence-electron chi connectivity index (χ2n) is 5.62. The molecule has 98 valence electrons. The molecule has 0 spiro atoms. The maximum absolute atomic E-state index is 13.3. The van der Waals surface area contributed by atoms with Crippen LogP contribution in [-0.4, -0.2) is 22.6 Å². The van der Waals surface area contributed by atoms with Crippen LogP contribution in [0.2, 0.25) is 0 Å². The summed E-state index contributed by atoms with van der Waals surface area (Å²) in [6.45, 7) is 1.77. The molecule has 0 bridgehead atoms. The number of hydrogen-bond donors (Lipinski definition) is 1. The van der Waals surface area contributed by atoms with E-state index >= 15 is 0 Å². The van der Waals surface area contributed by atoms with Crippen molar-refractivity contribution in [3.63, 3.8) is 0 Å². The second kappa shape index (κ2) is 4.88. The fourth-order valence-electron chi connectivity index (χ4n) is 3.66. The number of likely N-dealkylation sites (tertiary alicyclic amines) is 1. The zero-order chi connectivity index (χ0) is 12.5. The molecule has 2 nitrogen and oxygen atoms in total. The highest BCUT2D eigenvalue weighted by Gasteiger charge is 2.34. The number of fused-ring (bicyclic) bond motifs is 1. The zero-order valence-corrected chi connectivity index (χ0v) is 10.6. The number of nitrogens with zero attached hydrogens (tertiary/aromatic N) is 1. The molecule has 0 aromatic heterocycles. The molecule has 1 aliphatic heterocycles. The van der Waals surface area contributed by atoms with Crippen molar-refractivity contribution in [2.75, 3.05) is 6.54 Å². The first kappa shape index (κ1) is 12.0. The average Bonchev–Trinajstić information content (AvgIpc) is 2.84. The first-order valence-corrected chi connectivity index (χ1v) is 6.96. The molecule has 18 heavy (non-hydrogen) atoms. The largest absolute Gasteiger partial charge is 0.505 e. The molecule has 3 heteroatoms. The summed E-state index contributed by atoms with van der Waals surface area (Å²) in [7, 11) is 0. The Morgan fingerprint density at radius 1 is 1.22 bits per heavy atom. The number of phenols is 1. The van der Waals surface area contributed by atoms with Gasteiger partial charge < -0.3 is 5.11 Å². The maximum atomic E-state index is 13.3. The van der Waals surface area contributed by atoms with E-state index in [1.807, 2.05) is 6.07 Å². The Hall–Kier alpha value is -1.09. The number of para-hydroxylation sites is 1. The molecule has 3 rings (SSSR count). The van der Waals surface area contributed by atoms with E-state index in [0.717, 1.165) is 18.0 Å². The zero-order valence-electron chi connectivity index (χ0n) is 10.6. The van der Waals surface area contributed by atoms with Crippen molar-refractivity contribution in [2.24, 2.45) is 5.92 Å². The Morgan fingerprint density at radius 2 is 2.06 bits per heavy atom. The third kappa shape index (κ3) is 2.12. The molecule has 1 saturated heterocycles. The Balaban J connectivity index is 1.77. The molecule has 2 atom stereocenters. The highest BCUT2D eigenvalue weighted by molar-refractivity contribution is 5.33. The van der Waals surface area contributed by atoms with Crippen LogP contribution >= 0.6 is 0 Å². The lowest BCUT2D eigenvalue weighted by Gasteiger charge is -2.37. The summed E-state index contributed by atoms with van der Waals surface area (Å²) in [5, 5.41) is 9.77. The van der Waals surface area contributed by atoms with E-state index in [2.05, 4.69) is 4.90 Å². The van der Waals surface area contributed by atoms with Gasteiger partial charge in [-0.15, -0.1) is 0 Å². The first-order chi connectivity index (χ1) is 8.75. The summed E-state index contributed by atoms with van der Waals surface area (Å²) in [4.78, 5) is 2.44. The molecule has 1 aromatic rings. The summed E-state index contributed by atoms with van der Waals surface area (Å²) in [5.41, 5.74) is 0.725. The number of aromatic hydroxyl groups is 1. The average molecular weight is 249 g/mol. The van der Waals surface area contributed by atoms with Crippen LogP contribution in [0.4, 0.5) is 4.39 Å². The van der Waals surface area contributed by atoms with Gasteiger partial charge >= 0.3 is 0 Å². The van der Waals surface area contributed by atoms with Gasteiger partial charge in [-0.3, -0.25) is 4.90 Å². The summed E-state index contributed by atoms with van der Waals surface area (Å²) in [6.07, 6.45) is 6.51. The summed E-state index contributed by atoms with van der Waals surface area (Å²) >= 11 is 0. The summed E-state index contributed by atoms with van der Waals surface area (Å²) < 4.78 is 13.3. The molecule has 0 amide bonds. The fraction of sp³-hybridized carbons (Fsp3) is 0.600. The van der Waals surface area contributed by atoms with E-state index in [4.69, 9.17) is 0 Å². The van der Waals surface area contributed by atoms with Crippen LogP contribution in [0.1, 0.15) is 37.7 Å². The summed E-state index contributed by atoms with van der Waals surface area (Å²) in [5.74, 6) is 0.152. The molecule has 2 fully saturated rings. The van der Waals surface area contributed by atoms with E-state index in [9.17, 15) is 9.50 Å². The van der Waals surface area contributed by atoms with Crippen molar-refractivity contribution in [2.45, 2.75) is 44.7 Å². The lowest BCUT2D eigenvalue weighted by molar-refractivity contribution is 0.105. The van der Waals surface area contributed by atoms with Crippen molar-refractivity contribution in [3.05, 3.63) is 29.6 Å². The van der Waals surface area contributed by atoms with Gasteiger partial charge in [0.05, 0.1) is 0 Å². The molecule has 1 heterocycles. The number of benzene rings is 1. The SMILES string of the molecule is Oc1c(F)cccc1CN1CCCC2CCCC21. The van der Waals surface area contributed by atoms with Crippen molar-refractivity contribution in [3.8, 4) is 5.75 Å². The van der Waals surface area contributed by atoms with Crippen LogP contribution in [0, 0.1) is 11.7 Å². The number of hydrogen-bond acceptors (Lipinski definition) is 2. The van der Waals surface area contributed by atoms with E-state index in [-0.39, 0.29) is 5.75 Å². The quantitative estimate of drug-likeness (QED) is 0.869. The number of piperidine rings is 1. The van der Waals surface area contributed by atoms with E-state index in [1.54, 1.807) is 6.07 Å². The van der Waals surface area contributed by atoms with Crippen LogP contribution in [0.25, 0.3) is 0 Å². The fourth-order valence-corrected chi connectivity index (χ4v) is 3.66. The van der Waals surface area contributed by atoms with Crippen molar-refractivity contribution in [1.29, 1.82) is 0 Å². The first-order valence-electron chi connectivity index (χ1n) is 6.96. The highest BCUT2D eigenvalue weighted by atomic mass is 19.1. The van der Waals surface area contributed by atoms with Crippen molar-refractivity contribution < 1.29 is 9.50 Å². The van der Waals surface area contributed by atoms with Gasteiger partial charge in [0.2, 0.25) is 0 Å². The predicted octanol–water partition coefficient (Wildman–Crippen LogP) is 3.30. The number of phenolic OH excluding ortho intramolecular Hbond substituents is 1. The van der Waals surface area contributed by atoms with Gasteiger partial charge in [0, 0.05) is 18.2 Å². The molecule has 1 N–H and O–H groups in total. The topological polar surface area (TPSA) is 23.5 Å². The minimum absolute atomic E-state index is 0.169. The Kier molecular flexibility index (Phi) is 3.25. The minimum Gasteiger partial charge on any atom is -0.505 e. The number of halogens is 1. The molecule has 2 aliphatic rings. The molecular formula is C15H20FNO. The predicted molar refractivity (Wildman–Crippen MR) is 68.8 cm³/mol. The van der Waals surface area contributed by atoms with E-state index < -0.39 is 5.82 Å². The molecule has 1 aliphatic carbocycles. The lowest BCUT2D eigenvalue weighted by Crippen LogP contribution is -2.41. The Labute approximate surface area is 107 Å². The molecule has 1 aromatic carbocycles. The van der Waals surface area contributed by atoms with Gasteiger partial charge in [0.15, 0.2) is 11.6 Å². The molecule has 0 radical (unpaired) electrons. The lowest BCUT2D eigenvalue weighted by atomic mass is 9.91. The van der Waals surface area contributed by atoms with Crippen LogP contribution in [0.15, 0.2) is 18.2 Å². The normalized spacial score (nSPS) is 28.3. The molecule has 2 unspecified atom stereocenters. The van der Waals surface area contributed by atoms with Gasteiger partial charge in [-0.25, -0.2) is 4.39 Å². The van der Waals surface area contributed by atoms with E-state index in [0.29, 0.717) is 12.6 Å². The van der Waals surface area contributed by atoms with Crippen LogP contribution < -0.4 is 0 Å². The van der Waals surface area contributed by atoms with Gasteiger partial charge in [-0.05, 0) is 44.2 Å². The summed E-state index contributed by atoms with van der Waals surface area (Å²) in [6, 6.07) is 5.48. The smallest absolute Gasteiger partial charge is 0.165 e. The van der Waals surface area contributed by atoms with Crippen LogP contribution in [0.5, 0.6) is 5.75 Å². The van der Waals surface area contributed by atoms with Gasteiger partial charge in [0.25, 0.3) is 0 Å². The minimum atomic E-state index is -0.507. The second-order valence-corrected chi connectivity index (χ2v) is 5.62. The van der Waals surface area contributed by atoms with Gasteiger partial charge in [-0.1, -0.05) is 18.6 Å². The molecule has 1 saturated carbocycles. The van der Waals surface area contributed by atoms with E-state index in [1.165, 1.54) is 38.2 Å². The van der Waals surface area contributed by atoms with Crippen LogP contribution in [0.3, 0.4) is 0 Å². The van der Waals surface area contributed by atoms with Crippen molar-refractivity contribution >= 4 is 0 Å². The maximum Gasteiger partial charge on any atom is 0.165 e. The molecular weight excluding hydrogens is 229 g/mol. The third-order valence-corrected chi connectivity index (χ3v) is 4.55. The van der Waals surface area contributed by atoms with Crippen LogP contribution in [-0.2, 0) is 6.54 Å². The standard InChI is InChI=1S/C15H20FNO/c16-13-7-1-5-12(15(13)18)10-17-9-3-6-11-4-2-8-14(11)17/h1,5,7,11,14,18H,2-4,6,8-10H2. The Morgan fingerprint density at radius 3 is 2.94 bits per heavy atom.